The molecule has 0 aliphatic carbocycles. The van der Waals surface area contributed by atoms with Crippen LogP contribution in [0.1, 0.15) is 38.3 Å². The van der Waals surface area contributed by atoms with Crippen LogP contribution in [0.25, 0.3) is 0 Å². The molecule has 4 rings (SSSR count). The fraction of sp³-hybridized carbons (Fsp3) is 0.160. The Balaban J connectivity index is 1.41. The number of aryl methyl sites for hydroxylation is 1. The summed E-state index contributed by atoms with van der Waals surface area (Å²) in [6.45, 7) is 0.925. The third-order valence-electron chi connectivity index (χ3n) is 5.31. The van der Waals surface area contributed by atoms with E-state index >= 15 is 0 Å². The van der Waals surface area contributed by atoms with E-state index in [4.69, 9.17) is 0 Å². The van der Waals surface area contributed by atoms with E-state index in [-0.39, 0.29) is 29.4 Å². The molecule has 156 valence electrons. The van der Waals surface area contributed by atoms with E-state index in [1.54, 1.807) is 48.5 Å². The van der Waals surface area contributed by atoms with Crippen LogP contribution in [0.5, 0.6) is 0 Å². The smallest absolute Gasteiger partial charge is 0.270 e. The molecule has 1 aliphatic heterocycles. The Labute approximate surface area is 180 Å². The minimum atomic E-state index is -0.535. The van der Waals surface area contributed by atoms with Gasteiger partial charge in [0.1, 0.15) is 0 Å². The van der Waals surface area contributed by atoms with Crippen LogP contribution in [0.3, 0.4) is 0 Å². The summed E-state index contributed by atoms with van der Waals surface area (Å²) in [6.07, 6.45) is 1.98. The molecule has 0 aromatic heterocycles. The highest BCUT2D eigenvalue weighted by atomic mass is 16.2. The van der Waals surface area contributed by atoms with E-state index < -0.39 is 5.91 Å². The van der Waals surface area contributed by atoms with Crippen molar-refractivity contribution in [2.24, 2.45) is 0 Å². The molecule has 0 fully saturated rings. The highest BCUT2D eigenvalue weighted by molar-refractivity contribution is 6.15. The maximum Gasteiger partial charge on any atom is 0.270 e. The van der Waals surface area contributed by atoms with Crippen LogP contribution in [0.2, 0.25) is 0 Å². The van der Waals surface area contributed by atoms with E-state index in [9.17, 15) is 14.4 Å². The molecule has 3 aromatic carbocycles. The molecule has 2 amide bonds. The Morgan fingerprint density at radius 1 is 0.774 bits per heavy atom. The predicted octanol–water partition coefficient (Wildman–Crippen LogP) is 3.13. The van der Waals surface area contributed by atoms with Crippen molar-refractivity contribution in [3.8, 4) is 0 Å². The Hall–Kier alpha value is -3.93. The number of ketones is 1. The predicted molar refractivity (Wildman–Crippen MR) is 119 cm³/mol. The molecular weight excluding hydrogens is 390 g/mol. The zero-order chi connectivity index (χ0) is 21.6. The van der Waals surface area contributed by atoms with Crippen molar-refractivity contribution in [3.63, 3.8) is 0 Å². The van der Waals surface area contributed by atoms with E-state index in [1.807, 2.05) is 29.2 Å². The second kappa shape index (κ2) is 9.26. The zero-order valence-corrected chi connectivity index (χ0v) is 17.0. The number of carbonyl (C=O) groups is 3. The number of rotatable bonds is 5. The first-order chi connectivity index (χ1) is 15.1. The van der Waals surface area contributed by atoms with Gasteiger partial charge in [0.05, 0.1) is 12.1 Å². The number of amides is 2. The second-order valence-electron chi connectivity index (χ2n) is 7.40. The average molecular weight is 413 g/mol. The lowest BCUT2D eigenvalue weighted by Gasteiger charge is -2.30. The van der Waals surface area contributed by atoms with E-state index in [0.717, 1.165) is 25.1 Å². The summed E-state index contributed by atoms with van der Waals surface area (Å²) < 4.78 is 0. The van der Waals surface area contributed by atoms with Gasteiger partial charge in [-0.05, 0) is 30.5 Å². The standard InChI is InChI=1S/C25H23N3O3/c29-23(17-28-16-8-12-18-9-4-7-15-22(18)28)26-27-25(31)21-14-6-5-13-20(21)24(30)19-10-2-1-3-11-19/h1-7,9-11,13-15H,8,12,16-17H2,(H,26,29)(H,27,31). The van der Waals surface area contributed by atoms with Gasteiger partial charge in [-0.15, -0.1) is 0 Å². The number of para-hydroxylation sites is 1. The SMILES string of the molecule is O=C(CN1CCCc2ccccc21)NNC(=O)c1ccccc1C(=O)c1ccccc1. The average Bonchev–Trinajstić information content (AvgIpc) is 2.83. The third-order valence-corrected chi connectivity index (χ3v) is 5.31. The molecule has 0 saturated carbocycles. The first kappa shape index (κ1) is 20.3. The van der Waals surface area contributed by atoms with Crippen LogP contribution in [0.15, 0.2) is 78.9 Å². The van der Waals surface area contributed by atoms with Gasteiger partial charge in [0.2, 0.25) is 0 Å². The van der Waals surface area contributed by atoms with Crippen molar-refractivity contribution < 1.29 is 14.4 Å². The van der Waals surface area contributed by atoms with Gasteiger partial charge < -0.3 is 4.90 Å². The molecule has 1 aliphatic rings. The topological polar surface area (TPSA) is 78.5 Å². The van der Waals surface area contributed by atoms with Crippen molar-refractivity contribution in [3.05, 3.63) is 101 Å². The number of nitrogens with one attached hydrogen (secondary N) is 2. The van der Waals surface area contributed by atoms with Gasteiger partial charge in [-0.2, -0.15) is 0 Å². The van der Waals surface area contributed by atoms with Crippen molar-refractivity contribution >= 4 is 23.3 Å². The number of hydrogen-bond donors (Lipinski definition) is 2. The number of fused-ring (bicyclic) bond motifs is 1. The molecule has 0 atom stereocenters. The quantitative estimate of drug-likeness (QED) is 0.498. The molecule has 3 aromatic rings. The van der Waals surface area contributed by atoms with Crippen LogP contribution in [-0.4, -0.2) is 30.7 Å². The van der Waals surface area contributed by atoms with Gasteiger partial charge in [0.15, 0.2) is 5.78 Å². The third kappa shape index (κ3) is 4.64. The molecule has 0 spiro atoms. The summed E-state index contributed by atoms with van der Waals surface area (Å²) in [5.74, 6) is -1.10. The van der Waals surface area contributed by atoms with E-state index in [0.29, 0.717) is 5.56 Å². The molecular formula is C25H23N3O3. The molecule has 0 saturated heterocycles. The number of carbonyl (C=O) groups excluding carboxylic acids is 3. The van der Waals surface area contributed by atoms with Crippen molar-refractivity contribution in [2.75, 3.05) is 18.0 Å². The summed E-state index contributed by atoms with van der Waals surface area (Å²) >= 11 is 0. The summed E-state index contributed by atoms with van der Waals surface area (Å²) in [5, 5.41) is 0. The lowest BCUT2D eigenvalue weighted by Crippen LogP contribution is -2.47. The van der Waals surface area contributed by atoms with Crippen LogP contribution in [0, 0.1) is 0 Å². The molecule has 31 heavy (non-hydrogen) atoms. The Morgan fingerprint density at radius 3 is 2.26 bits per heavy atom. The molecule has 0 bridgehead atoms. The van der Waals surface area contributed by atoms with Crippen LogP contribution in [-0.2, 0) is 11.2 Å². The van der Waals surface area contributed by atoms with Gasteiger partial charge in [-0.25, -0.2) is 0 Å². The normalized spacial score (nSPS) is 12.6. The minimum absolute atomic E-state index is 0.141. The zero-order valence-electron chi connectivity index (χ0n) is 17.0. The summed E-state index contributed by atoms with van der Waals surface area (Å²) in [7, 11) is 0. The van der Waals surface area contributed by atoms with Crippen molar-refractivity contribution in [1.82, 2.24) is 10.9 Å². The van der Waals surface area contributed by atoms with Crippen LogP contribution >= 0.6 is 0 Å². The lowest BCUT2D eigenvalue weighted by molar-refractivity contribution is -0.120. The minimum Gasteiger partial charge on any atom is -0.362 e. The number of nitrogens with zero attached hydrogens (tertiary/aromatic N) is 1. The van der Waals surface area contributed by atoms with Crippen molar-refractivity contribution in [1.29, 1.82) is 0 Å². The van der Waals surface area contributed by atoms with Crippen LogP contribution < -0.4 is 15.8 Å². The van der Waals surface area contributed by atoms with E-state index in [1.165, 1.54) is 5.56 Å². The molecule has 0 unspecified atom stereocenters. The molecule has 2 N–H and O–H groups in total. The summed E-state index contributed by atoms with van der Waals surface area (Å²) in [6, 6.07) is 23.4. The molecule has 6 heteroatoms. The van der Waals surface area contributed by atoms with Gasteiger partial charge in [-0.1, -0.05) is 66.7 Å². The first-order valence-electron chi connectivity index (χ1n) is 10.2. The second-order valence-corrected chi connectivity index (χ2v) is 7.40. The fourth-order valence-electron chi connectivity index (χ4n) is 3.81. The maximum absolute atomic E-state index is 12.8. The Bertz CT molecular complexity index is 1110. The maximum atomic E-state index is 12.8. The number of hydrazine groups is 1. The molecule has 6 nitrogen and oxygen atoms in total. The van der Waals surface area contributed by atoms with Gasteiger partial charge in [-0.3, -0.25) is 25.2 Å². The van der Waals surface area contributed by atoms with Gasteiger partial charge in [0.25, 0.3) is 11.8 Å². The van der Waals surface area contributed by atoms with Crippen molar-refractivity contribution in [2.45, 2.75) is 12.8 Å². The van der Waals surface area contributed by atoms with Crippen LogP contribution in [0.4, 0.5) is 5.69 Å². The highest BCUT2D eigenvalue weighted by Crippen LogP contribution is 2.26. The fourth-order valence-corrected chi connectivity index (χ4v) is 3.81. The van der Waals surface area contributed by atoms with Gasteiger partial charge >= 0.3 is 0 Å². The first-order valence-corrected chi connectivity index (χ1v) is 10.2. The lowest BCUT2D eigenvalue weighted by atomic mass is 9.98. The van der Waals surface area contributed by atoms with Gasteiger partial charge in [0, 0.05) is 23.4 Å². The summed E-state index contributed by atoms with van der Waals surface area (Å²) in [5.41, 5.74) is 8.17. The number of benzene rings is 3. The largest absolute Gasteiger partial charge is 0.362 e. The Morgan fingerprint density at radius 2 is 1.45 bits per heavy atom. The Kier molecular flexibility index (Phi) is 6.08. The molecule has 1 heterocycles. The number of anilines is 1. The monoisotopic (exact) mass is 413 g/mol. The van der Waals surface area contributed by atoms with E-state index in [2.05, 4.69) is 16.9 Å². The summed E-state index contributed by atoms with van der Waals surface area (Å²) in [4.78, 5) is 40.0. The molecule has 0 radical (unpaired) electrons. The number of hydrogen-bond acceptors (Lipinski definition) is 4. The highest BCUT2D eigenvalue weighted by Gasteiger charge is 2.21.